The van der Waals surface area contributed by atoms with Gasteiger partial charge in [0.2, 0.25) is 0 Å². The molecule has 0 aromatic carbocycles. The van der Waals surface area contributed by atoms with Gasteiger partial charge in [0.25, 0.3) is 0 Å². The van der Waals surface area contributed by atoms with Crippen LogP contribution in [0.5, 0.6) is 0 Å². The number of allylic oxidation sites excluding steroid dienone is 1. The van der Waals surface area contributed by atoms with E-state index in [2.05, 4.69) is 17.6 Å². The lowest BCUT2D eigenvalue weighted by Gasteiger charge is -2.21. The van der Waals surface area contributed by atoms with Gasteiger partial charge in [-0.1, -0.05) is 11.6 Å². The smallest absolute Gasteiger partial charge is 0.0762 e. The predicted molar refractivity (Wildman–Crippen MR) is 80.8 cm³/mol. The fourth-order valence-electron chi connectivity index (χ4n) is 2.81. The predicted octanol–water partition coefficient (Wildman–Crippen LogP) is 3.54. The van der Waals surface area contributed by atoms with Crippen LogP contribution in [0.4, 0.5) is 0 Å². The van der Waals surface area contributed by atoms with Crippen LogP contribution < -0.4 is 11.3 Å². The topological polar surface area (TPSA) is 38.0 Å². The first-order valence-electron chi connectivity index (χ1n) is 6.73. The Kier molecular flexibility index (Phi) is 4.09. The van der Waals surface area contributed by atoms with E-state index in [-0.39, 0.29) is 6.04 Å². The number of thioether (sulfide) groups is 1. The van der Waals surface area contributed by atoms with Gasteiger partial charge in [0.05, 0.1) is 6.04 Å². The Labute approximate surface area is 117 Å². The van der Waals surface area contributed by atoms with Crippen molar-refractivity contribution in [1.29, 1.82) is 0 Å². The van der Waals surface area contributed by atoms with Crippen LogP contribution in [0.2, 0.25) is 0 Å². The van der Waals surface area contributed by atoms with E-state index in [0.29, 0.717) is 0 Å². The minimum absolute atomic E-state index is 0.255. The highest BCUT2D eigenvalue weighted by Crippen LogP contribution is 2.38. The normalized spacial score (nSPS) is 21.3. The largest absolute Gasteiger partial charge is 0.271 e. The fourth-order valence-corrected chi connectivity index (χ4v) is 5.29. The first kappa shape index (κ1) is 12.7. The third-order valence-corrected chi connectivity index (χ3v) is 6.10. The van der Waals surface area contributed by atoms with Crippen LogP contribution in [0.15, 0.2) is 17.7 Å². The highest BCUT2D eigenvalue weighted by molar-refractivity contribution is 7.98. The Hall–Kier alpha value is -0.290. The molecule has 0 fully saturated rings. The van der Waals surface area contributed by atoms with Gasteiger partial charge in [0.15, 0.2) is 0 Å². The van der Waals surface area contributed by atoms with Crippen molar-refractivity contribution in [2.24, 2.45) is 5.84 Å². The van der Waals surface area contributed by atoms with E-state index in [9.17, 15) is 0 Å². The molecule has 98 valence electrons. The van der Waals surface area contributed by atoms with E-state index < -0.39 is 0 Å². The monoisotopic (exact) mass is 280 g/mol. The first-order valence-corrected chi connectivity index (χ1v) is 8.70. The number of hydrogen-bond donors (Lipinski definition) is 2. The number of fused-ring (bicyclic) bond motifs is 1. The van der Waals surface area contributed by atoms with Crippen LogP contribution in [0.1, 0.15) is 47.0 Å². The van der Waals surface area contributed by atoms with Gasteiger partial charge >= 0.3 is 0 Å². The van der Waals surface area contributed by atoms with Crippen LogP contribution in [-0.2, 0) is 12.2 Å². The van der Waals surface area contributed by atoms with Crippen molar-refractivity contribution in [3.8, 4) is 0 Å². The molecule has 3 rings (SSSR count). The number of nitrogens with one attached hydrogen (secondary N) is 1. The molecule has 0 amide bonds. The summed E-state index contributed by atoms with van der Waals surface area (Å²) in [5, 5.41) is 0. The lowest BCUT2D eigenvalue weighted by Crippen LogP contribution is -2.29. The van der Waals surface area contributed by atoms with Crippen molar-refractivity contribution >= 4 is 23.1 Å². The Morgan fingerprint density at radius 2 is 2.22 bits per heavy atom. The summed E-state index contributed by atoms with van der Waals surface area (Å²) in [6.45, 7) is 0. The second-order valence-electron chi connectivity index (χ2n) is 5.02. The quantitative estimate of drug-likeness (QED) is 0.505. The molecule has 1 atom stereocenters. The molecule has 4 heteroatoms. The van der Waals surface area contributed by atoms with Crippen molar-refractivity contribution in [2.75, 3.05) is 5.75 Å². The van der Waals surface area contributed by atoms with Gasteiger partial charge in [-0.05, 0) is 49.5 Å². The van der Waals surface area contributed by atoms with Gasteiger partial charge in [-0.2, -0.15) is 11.8 Å². The summed E-state index contributed by atoms with van der Waals surface area (Å²) in [4.78, 5) is 3.00. The summed E-state index contributed by atoms with van der Waals surface area (Å²) in [5.74, 6) is 8.26. The van der Waals surface area contributed by atoms with Crippen molar-refractivity contribution in [3.05, 3.63) is 33.0 Å². The zero-order valence-electron chi connectivity index (χ0n) is 10.6. The molecule has 2 aliphatic rings. The number of rotatable bonds is 3. The first-order chi connectivity index (χ1) is 8.88. The molecule has 1 aromatic heterocycles. The molecule has 0 saturated heterocycles. The maximum Gasteiger partial charge on any atom is 0.0762 e. The van der Waals surface area contributed by atoms with Crippen molar-refractivity contribution in [1.82, 2.24) is 5.43 Å². The number of thiophene rings is 1. The molecule has 1 aliphatic heterocycles. The third kappa shape index (κ3) is 2.52. The van der Waals surface area contributed by atoms with E-state index in [1.807, 2.05) is 23.1 Å². The molecule has 0 spiro atoms. The molecular weight excluding hydrogens is 260 g/mol. The van der Waals surface area contributed by atoms with Crippen LogP contribution in [0.3, 0.4) is 0 Å². The standard InChI is InChI=1S/C14H20N2S2/c15-16-14(10-4-2-1-3-5-10)13-8-11-9-17-7-6-12(11)18-13/h4,8,14,16H,1-3,5-7,9,15H2. The lowest BCUT2D eigenvalue weighted by molar-refractivity contribution is 0.572. The van der Waals surface area contributed by atoms with Gasteiger partial charge in [-0.3, -0.25) is 5.84 Å². The number of hydrazine groups is 1. The lowest BCUT2D eigenvalue weighted by atomic mass is 9.93. The van der Waals surface area contributed by atoms with Gasteiger partial charge in [-0.15, -0.1) is 11.3 Å². The zero-order chi connectivity index (χ0) is 12.4. The summed E-state index contributed by atoms with van der Waals surface area (Å²) in [7, 11) is 0. The van der Waals surface area contributed by atoms with E-state index in [0.717, 1.165) is 0 Å². The summed E-state index contributed by atoms with van der Waals surface area (Å²) in [6, 6.07) is 2.64. The molecule has 0 bridgehead atoms. The van der Waals surface area contributed by atoms with Crippen LogP contribution in [0.25, 0.3) is 0 Å². The van der Waals surface area contributed by atoms with E-state index in [1.165, 1.54) is 54.1 Å². The second-order valence-corrected chi connectivity index (χ2v) is 7.30. The molecule has 1 aliphatic carbocycles. The van der Waals surface area contributed by atoms with Crippen LogP contribution in [-0.4, -0.2) is 5.75 Å². The molecule has 0 saturated carbocycles. The highest BCUT2D eigenvalue weighted by Gasteiger charge is 2.22. The molecule has 1 unspecified atom stereocenters. The Balaban J connectivity index is 1.86. The fraction of sp³-hybridized carbons (Fsp3) is 0.571. The Bertz CT molecular complexity index is 427. The highest BCUT2D eigenvalue weighted by atomic mass is 32.2. The molecule has 2 heterocycles. The summed E-state index contributed by atoms with van der Waals surface area (Å²) in [6.07, 6.45) is 8.69. The summed E-state index contributed by atoms with van der Waals surface area (Å²) < 4.78 is 0. The second kappa shape index (κ2) is 5.78. The molecule has 18 heavy (non-hydrogen) atoms. The van der Waals surface area contributed by atoms with Gasteiger partial charge in [-0.25, -0.2) is 5.43 Å². The SMILES string of the molecule is NNC(C1=CCCCC1)c1cc2c(s1)CCSC2. The average molecular weight is 280 g/mol. The molecule has 2 nitrogen and oxygen atoms in total. The summed E-state index contributed by atoms with van der Waals surface area (Å²) >= 11 is 4.01. The maximum atomic E-state index is 5.80. The van der Waals surface area contributed by atoms with Gasteiger partial charge in [0, 0.05) is 15.5 Å². The van der Waals surface area contributed by atoms with E-state index in [1.54, 1.807) is 10.4 Å². The number of hydrogen-bond acceptors (Lipinski definition) is 4. The number of nitrogens with two attached hydrogens (primary N) is 1. The van der Waals surface area contributed by atoms with Crippen molar-refractivity contribution in [3.63, 3.8) is 0 Å². The van der Waals surface area contributed by atoms with E-state index >= 15 is 0 Å². The van der Waals surface area contributed by atoms with Crippen molar-refractivity contribution in [2.45, 2.75) is 43.9 Å². The molecular formula is C14H20N2S2. The Morgan fingerprint density at radius 1 is 1.28 bits per heavy atom. The van der Waals surface area contributed by atoms with Gasteiger partial charge in [0.1, 0.15) is 0 Å². The molecule has 1 aromatic rings. The van der Waals surface area contributed by atoms with Crippen LogP contribution in [0, 0.1) is 0 Å². The van der Waals surface area contributed by atoms with Crippen LogP contribution >= 0.6 is 23.1 Å². The average Bonchev–Trinajstić information content (AvgIpc) is 2.84. The van der Waals surface area contributed by atoms with E-state index in [4.69, 9.17) is 5.84 Å². The number of aryl methyl sites for hydroxylation is 1. The maximum absolute atomic E-state index is 5.80. The summed E-state index contributed by atoms with van der Waals surface area (Å²) in [5.41, 5.74) is 6.07. The van der Waals surface area contributed by atoms with Gasteiger partial charge < -0.3 is 0 Å². The zero-order valence-corrected chi connectivity index (χ0v) is 12.2. The minimum Gasteiger partial charge on any atom is -0.271 e. The Morgan fingerprint density at radius 3 is 2.94 bits per heavy atom. The molecule has 0 radical (unpaired) electrons. The van der Waals surface area contributed by atoms with Crippen molar-refractivity contribution < 1.29 is 0 Å². The molecule has 3 N–H and O–H groups in total. The minimum atomic E-state index is 0.255. The third-order valence-electron chi connectivity index (χ3n) is 3.79.